The highest BCUT2D eigenvalue weighted by atomic mass is 16.2. The van der Waals surface area contributed by atoms with Gasteiger partial charge in [-0.1, -0.05) is 30.3 Å². The molecule has 2 aromatic rings. The van der Waals surface area contributed by atoms with Crippen LogP contribution in [0.4, 0.5) is 11.4 Å². The van der Waals surface area contributed by atoms with E-state index in [1.165, 1.54) is 0 Å². The van der Waals surface area contributed by atoms with Gasteiger partial charge in [0.25, 0.3) is 0 Å². The molecule has 2 rings (SSSR count). The summed E-state index contributed by atoms with van der Waals surface area (Å²) in [6.07, 6.45) is 0.678. The Morgan fingerprint density at radius 3 is 2.24 bits per heavy atom. The summed E-state index contributed by atoms with van der Waals surface area (Å²) in [5, 5.41) is 8.85. The average molecular weight is 228 g/mol. The fourth-order valence-corrected chi connectivity index (χ4v) is 1.82. The van der Waals surface area contributed by atoms with E-state index in [4.69, 9.17) is 16.6 Å². The van der Waals surface area contributed by atoms with Crippen LogP contribution in [0.2, 0.25) is 0 Å². The normalized spacial score (nSPS) is 10.4. The first kappa shape index (κ1) is 11.5. The molecule has 0 spiro atoms. The molecule has 3 heteroatoms. The highest BCUT2D eigenvalue weighted by Crippen LogP contribution is 2.27. The quantitative estimate of drug-likeness (QED) is 0.704. The number of aliphatic hydroxyl groups excluding tert-OH is 1. The van der Waals surface area contributed by atoms with Gasteiger partial charge in [-0.15, -0.1) is 0 Å². The molecule has 0 heterocycles. The van der Waals surface area contributed by atoms with Crippen LogP contribution in [0.1, 0.15) is 5.56 Å². The number of hydrogen-bond donors (Lipinski definition) is 3. The third kappa shape index (κ3) is 2.57. The predicted octanol–water partition coefficient (Wildman–Crippen LogP) is 2.05. The molecule has 0 saturated heterocycles. The lowest BCUT2D eigenvalue weighted by Gasteiger charge is -2.07. The number of hydrogen-bond acceptors (Lipinski definition) is 3. The van der Waals surface area contributed by atoms with Gasteiger partial charge in [-0.25, -0.2) is 0 Å². The van der Waals surface area contributed by atoms with Gasteiger partial charge < -0.3 is 16.6 Å². The minimum Gasteiger partial charge on any atom is -0.399 e. The van der Waals surface area contributed by atoms with Gasteiger partial charge in [0.05, 0.1) is 0 Å². The molecule has 0 unspecified atom stereocenters. The van der Waals surface area contributed by atoms with E-state index >= 15 is 0 Å². The molecule has 0 radical (unpaired) electrons. The lowest BCUT2D eigenvalue weighted by Crippen LogP contribution is -1.94. The topological polar surface area (TPSA) is 72.3 Å². The Bertz CT molecular complexity index is 506. The molecule has 3 nitrogen and oxygen atoms in total. The lowest BCUT2D eigenvalue weighted by atomic mass is 10.0. The van der Waals surface area contributed by atoms with Crippen LogP contribution in [-0.4, -0.2) is 11.7 Å². The van der Waals surface area contributed by atoms with Crippen LogP contribution >= 0.6 is 0 Å². The number of nitrogen functional groups attached to an aromatic ring is 2. The first-order valence-electron chi connectivity index (χ1n) is 5.56. The zero-order chi connectivity index (χ0) is 12.3. The van der Waals surface area contributed by atoms with Gasteiger partial charge in [0, 0.05) is 23.5 Å². The van der Waals surface area contributed by atoms with Crippen LogP contribution in [0.5, 0.6) is 0 Å². The van der Waals surface area contributed by atoms with Crippen molar-refractivity contribution in [3.8, 4) is 11.1 Å². The summed E-state index contributed by atoms with van der Waals surface area (Å²) in [6, 6.07) is 13.5. The summed E-state index contributed by atoms with van der Waals surface area (Å²) in [7, 11) is 0. The minimum atomic E-state index is 0.170. The smallest absolute Gasteiger partial charge is 0.0471 e. The largest absolute Gasteiger partial charge is 0.399 e. The number of aliphatic hydroxyl groups is 1. The SMILES string of the molecule is Nc1ccc(-c2ccc(CCO)cc2)c(N)c1. The molecule has 2 aromatic carbocycles. The highest BCUT2D eigenvalue weighted by molar-refractivity contribution is 5.78. The number of nitrogens with two attached hydrogens (primary N) is 2. The van der Waals surface area contributed by atoms with E-state index in [9.17, 15) is 0 Å². The average Bonchev–Trinajstić information content (AvgIpc) is 2.31. The maximum atomic E-state index is 8.85. The van der Waals surface area contributed by atoms with Crippen molar-refractivity contribution in [2.45, 2.75) is 6.42 Å². The lowest BCUT2D eigenvalue weighted by molar-refractivity contribution is 0.299. The second-order valence-corrected chi connectivity index (χ2v) is 4.02. The molecule has 0 aliphatic heterocycles. The van der Waals surface area contributed by atoms with E-state index in [1.54, 1.807) is 6.07 Å². The molecular weight excluding hydrogens is 212 g/mol. The standard InChI is InChI=1S/C14H16N2O/c15-12-5-6-13(14(16)9-12)11-3-1-10(2-4-11)7-8-17/h1-6,9,17H,7-8,15-16H2. The summed E-state index contributed by atoms with van der Waals surface area (Å²) in [5.41, 5.74) is 16.1. The zero-order valence-electron chi connectivity index (χ0n) is 9.56. The second-order valence-electron chi connectivity index (χ2n) is 4.02. The van der Waals surface area contributed by atoms with Gasteiger partial charge in [0.2, 0.25) is 0 Å². The van der Waals surface area contributed by atoms with Gasteiger partial charge in [0.1, 0.15) is 0 Å². The van der Waals surface area contributed by atoms with E-state index in [2.05, 4.69) is 0 Å². The molecule has 0 aliphatic rings. The van der Waals surface area contributed by atoms with Crippen LogP contribution in [-0.2, 0) is 6.42 Å². The first-order valence-corrected chi connectivity index (χ1v) is 5.56. The Labute approximate surface area is 101 Å². The minimum absolute atomic E-state index is 0.170. The van der Waals surface area contributed by atoms with Gasteiger partial charge in [-0.05, 0) is 29.7 Å². The van der Waals surface area contributed by atoms with E-state index in [0.717, 1.165) is 16.7 Å². The fraction of sp³-hybridized carbons (Fsp3) is 0.143. The number of anilines is 2. The third-order valence-corrected chi connectivity index (χ3v) is 2.74. The number of benzene rings is 2. The Hall–Kier alpha value is -2.00. The van der Waals surface area contributed by atoms with E-state index in [1.807, 2.05) is 36.4 Å². The molecule has 5 N–H and O–H groups in total. The summed E-state index contributed by atoms with van der Waals surface area (Å²) >= 11 is 0. The summed E-state index contributed by atoms with van der Waals surface area (Å²) in [4.78, 5) is 0. The van der Waals surface area contributed by atoms with Crippen molar-refractivity contribution in [1.29, 1.82) is 0 Å². The summed E-state index contributed by atoms with van der Waals surface area (Å²) in [6.45, 7) is 0.170. The second kappa shape index (κ2) is 4.89. The van der Waals surface area contributed by atoms with Crippen molar-refractivity contribution in [3.63, 3.8) is 0 Å². The molecule has 0 amide bonds. The van der Waals surface area contributed by atoms with Crippen molar-refractivity contribution < 1.29 is 5.11 Å². The Morgan fingerprint density at radius 1 is 0.941 bits per heavy atom. The van der Waals surface area contributed by atoms with Crippen LogP contribution in [0.15, 0.2) is 42.5 Å². The first-order chi connectivity index (χ1) is 8.20. The van der Waals surface area contributed by atoms with Crippen molar-refractivity contribution in [2.24, 2.45) is 0 Å². The third-order valence-electron chi connectivity index (χ3n) is 2.74. The van der Waals surface area contributed by atoms with Crippen molar-refractivity contribution >= 4 is 11.4 Å². The molecule has 0 bridgehead atoms. The number of rotatable bonds is 3. The molecule has 0 aromatic heterocycles. The van der Waals surface area contributed by atoms with Gasteiger partial charge in [-0.2, -0.15) is 0 Å². The molecule has 0 atom stereocenters. The monoisotopic (exact) mass is 228 g/mol. The van der Waals surface area contributed by atoms with Gasteiger partial charge >= 0.3 is 0 Å². The highest BCUT2D eigenvalue weighted by Gasteiger charge is 2.02. The predicted molar refractivity (Wildman–Crippen MR) is 71.5 cm³/mol. The fourth-order valence-electron chi connectivity index (χ4n) is 1.82. The van der Waals surface area contributed by atoms with E-state index in [0.29, 0.717) is 17.8 Å². The van der Waals surface area contributed by atoms with Crippen molar-refractivity contribution in [1.82, 2.24) is 0 Å². The molecule has 0 aliphatic carbocycles. The Morgan fingerprint density at radius 2 is 1.65 bits per heavy atom. The van der Waals surface area contributed by atoms with E-state index in [-0.39, 0.29) is 6.61 Å². The van der Waals surface area contributed by atoms with Crippen molar-refractivity contribution in [2.75, 3.05) is 18.1 Å². The van der Waals surface area contributed by atoms with Crippen LogP contribution in [0, 0.1) is 0 Å². The van der Waals surface area contributed by atoms with Crippen molar-refractivity contribution in [3.05, 3.63) is 48.0 Å². The summed E-state index contributed by atoms with van der Waals surface area (Å²) < 4.78 is 0. The Kier molecular flexibility index (Phi) is 3.30. The van der Waals surface area contributed by atoms with Gasteiger partial charge in [-0.3, -0.25) is 0 Å². The maximum absolute atomic E-state index is 8.85. The molecular formula is C14H16N2O. The summed E-state index contributed by atoms with van der Waals surface area (Å²) in [5.74, 6) is 0. The zero-order valence-corrected chi connectivity index (χ0v) is 9.56. The molecule has 0 saturated carbocycles. The van der Waals surface area contributed by atoms with Gasteiger partial charge in [0.15, 0.2) is 0 Å². The molecule has 17 heavy (non-hydrogen) atoms. The van der Waals surface area contributed by atoms with E-state index < -0.39 is 0 Å². The van der Waals surface area contributed by atoms with Crippen LogP contribution < -0.4 is 11.5 Å². The van der Waals surface area contributed by atoms with Crippen LogP contribution in [0.25, 0.3) is 11.1 Å². The maximum Gasteiger partial charge on any atom is 0.0471 e. The van der Waals surface area contributed by atoms with Crippen LogP contribution in [0.3, 0.4) is 0 Å². The molecule has 0 fully saturated rings. The Balaban J connectivity index is 2.33. The molecule has 88 valence electrons.